The highest BCUT2D eigenvalue weighted by atomic mass is 35.5. The van der Waals surface area contributed by atoms with E-state index in [4.69, 9.17) is 16.3 Å². The van der Waals surface area contributed by atoms with Gasteiger partial charge in [-0.3, -0.25) is 14.9 Å². The second-order valence-electron chi connectivity index (χ2n) is 4.08. The van der Waals surface area contributed by atoms with Crippen LogP contribution in [0.1, 0.15) is 16.8 Å². The van der Waals surface area contributed by atoms with Crippen LogP contribution in [-0.2, 0) is 4.74 Å². The molecule has 0 saturated carbocycles. The van der Waals surface area contributed by atoms with Gasteiger partial charge in [-0.25, -0.2) is 0 Å². The Balaban J connectivity index is 2.58. The minimum absolute atomic E-state index is 0.00846. The minimum atomic E-state index is -0.660. The average molecular weight is 303 g/mol. The van der Waals surface area contributed by atoms with Crippen LogP contribution in [0, 0.1) is 10.1 Å². The first kappa shape index (κ1) is 16.4. The Morgan fingerprint density at radius 1 is 1.60 bits per heavy atom. The first-order chi connectivity index (χ1) is 9.45. The Labute approximate surface area is 120 Å². The fourth-order valence-corrected chi connectivity index (χ4v) is 1.79. The van der Waals surface area contributed by atoms with E-state index in [1.807, 2.05) is 0 Å². The third-order valence-electron chi connectivity index (χ3n) is 2.53. The highest BCUT2D eigenvalue weighted by Gasteiger charge is 2.15. The van der Waals surface area contributed by atoms with Gasteiger partial charge in [0.2, 0.25) is 0 Å². The van der Waals surface area contributed by atoms with Gasteiger partial charge in [-0.1, -0.05) is 11.6 Å². The van der Waals surface area contributed by atoms with Crippen LogP contribution in [-0.4, -0.2) is 42.3 Å². The topological polar surface area (TPSA) is 102 Å². The summed E-state index contributed by atoms with van der Waals surface area (Å²) in [5, 5.41) is 22.5. The lowest BCUT2D eigenvalue weighted by atomic mass is 10.2. The predicted octanol–water partition coefficient (Wildman–Crippen LogP) is 1.38. The van der Waals surface area contributed by atoms with Crippen LogP contribution in [0.5, 0.6) is 0 Å². The molecule has 8 heteroatoms. The molecule has 0 radical (unpaired) electrons. The van der Waals surface area contributed by atoms with E-state index in [1.54, 1.807) is 0 Å². The van der Waals surface area contributed by atoms with Gasteiger partial charge in [-0.15, -0.1) is 0 Å². The maximum atomic E-state index is 11.8. The van der Waals surface area contributed by atoms with Gasteiger partial charge in [0.1, 0.15) is 0 Å². The number of methoxy groups -OCH3 is 1. The number of amides is 1. The second kappa shape index (κ2) is 7.78. The summed E-state index contributed by atoms with van der Waals surface area (Å²) >= 11 is 5.82. The molecule has 1 amide bonds. The zero-order valence-electron chi connectivity index (χ0n) is 10.8. The molecular formula is C12H15ClN2O5. The van der Waals surface area contributed by atoms with Crippen molar-refractivity contribution in [1.82, 2.24) is 5.32 Å². The molecule has 0 spiro atoms. The SMILES string of the molecule is COCC(O)CCNC(=O)c1ccc([N+](=O)[O-])cc1Cl. The molecular weight excluding hydrogens is 288 g/mol. The van der Waals surface area contributed by atoms with Crippen molar-refractivity contribution in [2.75, 3.05) is 20.3 Å². The summed E-state index contributed by atoms with van der Waals surface area (Å²) in [5.74, 6) is -0.450. The molecule has 7 nitrogen and oxygen atoms in total. The minimum Gasteiger partial charge on any atom is -0.391 e. The Hall–Kier alpha value is -1.70. The fourth-order valence-electron chi connectivity index (χ4n) is 1.52. The first-order valence-electron chi connectivity index (χ1n) is 5.85. The standard InChI is InChI=1S/C12H15ClN2O5/c1-20-7-9(16)4-5-14-12(17)10-3-2-8(15(18)19)6-11(10)13/h2-3,6,9,16H,4-5,7H2,1H3,(H,14,17). The molecule has 0 heterocycles. The van der Waals surface area contributed by atoms with Crippen LogP contribution >= 0.6 is 11.6 Å². The monoisotopic (exact) mass is 302 g/mol. The molecule has 1 rings (SSSR count). The summed E-state index contributed by atoms with van der Waals surface area (Å²) in [4.78, 5) is 21.8. The molecule has 0 bridgehead atoms. The number of rotatable bonds is 7. The highest BCUT2D eigenvalue weighted by molar-refractivity contribution is 6.34. The van der Waals surface area contributed by atoms with Crippen molar-refractivity contribution in [3.63, 3.8) is 0 Å². The van der Waals surface area contributed by atoms with Crippen LogP contribution in [0.2, 0.25) is 5.02 Å². The average Bonchev–Trinajstić information content (AvgIpc) is 2.38. The maximum Gasteiger partial charge on any atom is 0.270 e. The number of non-ortho nitro benzene ring substituents is 1. The lowest BCUT2D eigenvalue weighted by Gasteiger charge is -2.10. The predicted molar refractivity (Wildman–Crippen MR) is 72.9 cm³/mol. The summed E-state index contributed by atoms with van der Waals surface area (Å²) < 4.78 is 4.75. The van der Waals surface area contributed by atoms with E-state index in [1.165, 1.54) is 19.2 Å². The molecule has 2 N–H and O–H groups in total. The number of nitrogens with zero attached hydrogens (tertiary/aromatic N) is 1. The number of hydrogen-bond donors (Lipinski definition) is 2. The van der Waals surface area contributed by atoms with E-state index < -0.39 is 16.9 Å². The molecule has 20 heavy (non-hydrogen) atoms. The van der Waals surface area contributed by atoms with E-state index in [0.717, 1.165) is 6.07 Å². The number of ether oxygens (including phenoxy) is 1. The molecule has 0 aliphatic carbocycles. The largest absolute Gasteiger partial charge is 0.391 e. The van der Waals surface area contributed by atoms with Crippen molar-refractivity contribution >= 4 is 23.2 Å². The van der Waals surface area contributed by atoms with Crippen molar-refractivity contribution in [3.05, 3.63) is 38.9 Å². The zero-order valence-corrected chi connectivity index (χ0v) is 11.6. The number of hydrogen-bond acceptors (Lipinski definition) is 5. The zero-order chi connectivity index (χ0) is 15.1. The van der Waals surface area contributed by atoms with Crippen molar-refractivity contribution in [3.8, 4) is 0 Å². The van der Waals surface area contributed by atoms with E-state index in [2.05, 4.69) is 5.32 Å². The molecule has 0 aliphatic heterocycles. The van der Waals surface area contributed by atoms with E-state index in [9.17, 15) is 20.0 Å². The Morgan fingerprint density at radius 3 is 2.85 bits per heavy atom. The normalized spacial score (nSPS) is 11.9. The van der Waals surface area contributed by atoms with E-state index in [0.29, 0.717) is 6.42 Å². The second-order valence-corrected chi connectivity index (χ2v) is 4.48. The number of halogens is 1. The number of aliphatic hydroxyl groups excluding tert-OH is 1. The van der Waals surface area contributed by atoms with Gasteiger partial charge in [-0.05, 0) is 12.5 Å². The number of carbonyl (C=O) groups is 1. The Kier molecular flexibility index (Phi) is 6.37. The first-order valence-corrected chi connectivity index (χ1v) is 6.22. The number of benzene rings is 1. The molecule has 110 valence electrons. The summed E-state index contributed by atoms with van der Waals surface area (Å²) in [6, 6.07) is 3.62. The summed E-state index contributed by atoms with van der Waals surface area (Å²) in [7, 11) is 1.47. The van der Waals surface area contributed by atoms with E-state index >= 15 is 0 Å². The van der Waals surface area contributed by atoms with Crippen LogP contribution in [0.15, 0.2) is 18.2 Å². The van der Waals surface area contributed by atoms with Crippen molar-refractivity contribution in [1.29, 1.82) is 0 Å². The van der Waals surface area contributed by atoms with E-state index in [-0.39, 0.29) is 29.4 Å². The lowest BCUT2D eigenvalue weighted by molar-refractivity contribution is -0.384. The van der Waals surface area contributed by atoms with Crippen LogP contribution < -0.4 is 5.32 Å². The van der Waals surface area contributed by atoms with Gasteiger partial charge in [0, 0.05) is 25.8 Å². The molecule has 0 aromatic heterocycles. The number of nitrogens with one attached hydrogen (secondary N) is 1. The third kappa shape index (κ3) is 4.76. The molecule has 0 fully saturated rings. The number of carbonyl (C=O) groups excluding carboxylic acids is 1. The van der Waals surface area contributed by atoms with Crippen LogP contribution in [0.25, 0.3) is 0 Å². The van der Waals surface area contributed by atoms with Gasteiger partial charge in [0.15, 0.2) is 0 Å². The van der Waals surface area contributed by atoms with Crippen molar-refractivity contribution in [2.24, 2.45) is 0 Å². The smallest absolute Gasteiger partial charge is 0.270 e. The highest BCUT2D eigenvalue weighted by Crippen LogP contribution is 2.22. The van der Waals surface area contributed by atoms with Crippen LogP contribution in [0.3, 0.4) is 0 Å². The molecule has 0 saturated heterocycles. The number of nitro groups is 1. The fraction of sp³-hybridized carbons (Fsp3) is 0.417. The molecule has 1 unspecified atom stereocenters. The van der Waals surface area contributed by atoms with Crippen molar-refractivity contribution in [2.45, 2.75) is 12.5 Å². The summed E-state index contributed by atoms with van der Waals surface area (Å²) in [6.07, 6.45) is -0.322. The summed E-state index contributed by atoms with van der Waals surface area (Å²) in [6.45, 7) is 0.435. The Morgan fingerprint density at radius 2 is 2.30 bits per heavy atom. The molecule has 0 aliphatic rings. The number of nitro benzene ring substituents is 1. The van der Waals surface area contributed by atoms with Crippen molar-refractivity contribution < 1.29 is 19.6 Å². The molecule has 1 atom stereocenters. The number of aliphatic hydroxyl groups is 1. The molecule has 1 aromatic carbocycles. The van der Waals surface area contributed by atoms with Gasteiger partial charge in [0.05, 0.1) is 28.2 Å². The maximum absolute atomic E-state index is 11.8. The van der Waals surface area contributed by atoms with Gasteiger partial charge in [-0.2, -0.15) is 0 Å². The van der Waals surface area contributed by atoms with Gasteiger partial charge >= 0.3 is 0 Å². The van der Waals surface area contributed by atoms with Gasteiger partial charge in [0.25, 0.3) is 11.6 Å². The lowest BCUT2D eigenvalue weighted by Crippen LogP contribution is -2.28. The van der Waals surface area contributed by atoms with Gasteiger partial charge < -0.3 is 15.2 Å². The third-order valence-corrected chi connectivity index (χ3v) is 2.84. The quantitative estimate of drug-likeness (QED) is 0.585. The summed E-state index contributed by atoms with van der Waals surface area (Å²) in [5.41, 5.74) is -0.0273. The molecule has 1 aromatic rings. The Bertz CT molecular complexity index is 495. The van der Waals surface area contributed by atoms with Crippen LogP contribution in [0.4, 0.5) is 5.69 Å².